The Morgan fingerprint density at radius 2 is 1.68 bits per heavy atom. The van der Waals surface area contributed by atoms with E-state index in [0.717, 1.165) is 35.7 Å². The second-order valence-electron chi connectivity index (χ2n) is 7.99. The first-order valence-electron chi connectivity index (χ1n) is 10.6. The van der Waals surface area contributed by atoms with Crippen LogP contribution in [0.2, 0.25) is 0 Å². The van der Waals surface area contributed by atoms with Gasteiger partial charge in [-0.2, -0.15) is 18.3 Å². The number of likely N-dealkylation sites (tertiary alicyclic amines) is 1. The molecule has 1 aliphatic heterocycles. The molecule has 0 radical (unpaired) electrons. The molecular formula is C24H21F3N4O3. The molecule has 176 valence electrons. The fourth-order valence-electron chi connectivity index (χ4n) is 3.77. The predicted molar refractivity (Wildman–Crippen MR) is 119 cm³/mol. The fraction of sp³-hybridized carbons (Fsp3) is 0.250. The Bertz CT molecular complexity index is 1290. The van der Waals surface area contributed by atoms with E-state index in [1.165, 1.54) is 19.1 Å². The van der Waals surface area contributed by atoms with E-state index in [9.17, 15) is 27.6 Å². The minimum absolute atomic E-state index is 0.0613. The van der Waals surface area contributed by atoms with Crippen molar-refractivity contribution < 1.29 is 22.8 Å². The number of aryl methyl sites for hydroxylation is 1. The summed E-state index contributed by atoms with van der Waals surface area (Å²) in [4.78, 5) is 39.4. The molecule has 2 aromatic carbocycles. The molecule has 0 aliphatic carbocycles. The van der Waals surface area contributed by atoms with Crippen molar-refractivity contribution in [1.29, 1.82) is 0 Å². The van der Waals surface area contributed by atoms with Gasteiger partial charge in [0.2, 0.25) is 5.43 Å². The maximum atomic E-state index is 13.1. The van der Waals surface area contributed by atoms with Crippen molar-refractivity contribution in [3.63, 3.8) is 0 Å². The van der Waals surface area contributed by atoms with Crippen LogP contribution in [0, 0.1) is 6.92 Å². The highest BCUT2D eigenvalue weighted by Gasteiger charge is 2.30. The van der Waals surface area contributed by atoms with Crippen LogP contribution in [0.15, 0.2) is 59.4 Å². The summed E-state index contributed by atoms with van der Waals surface area (Å²) in [6.45, 7) is 2.94. The Kier molecular flexibility index (Phi) is 6.23. The van der Waals surface area contributed by atoms with Crippen molar-refractivity contribution in [2.75, 3.05) is 18.4 Å². The highest BCUT2D eigenvalue weighted by molar-refractivity contribution is 6.03. The summed E-state index contributed by atoms with van der Waals surface area (Å²) >= 11 is 0. The third-order valence-electron chi connectivity index (χ3n) is 5.52. The summed E-state index contributed by atoms with van der Waals surface area (Å²) in [6.07, 6.45) is -2.60. The van der Waals surface area contributed by atoms with Crippen LogP contribution in [0.4, 0.5) is 18.9 Å². The minimum Gasteiger partial charge on any atom is -0.339 e. The average molecular weight is 470 g/mol. The molecule has 1 N–H and O–H groups in total. The van der Waals surface area contributed by atoms with Crippen molar-refractivity contribution in [3.05, 3.63) is 87.3 Å². The number of alkyl halides is 3. The van der Waals surface area contributed by atoms with E-state index >= 15 is 0 Å². The second kappa shape index (κ2) is 9.12. The lowest BCUT2D eigenvalue weighted by Gasteiger charge is -2.15. The van der Waals surface area contributed by atoms with Crippen LogP contribution < -0.4 is 10.7 Å². The van der Waals surface area contributed by atoms with Crippen LogP contribution in [0.1, 0.15) is 44.9 Å². The molecule has 0 bridgehead atoms. The van der Waals surface area contributed by atoms with E-state index in [2.05, 4.69) is 10.4 Å². The minimum atomic E-state index is -4.55. The zero-order valence-corrected chi connectivity index (χ0v) is 18.2. The van der Waals surface area contributed by atoms with Gasteiger partial charge in [-0.25, -0.2) is 4.68 Å². The fourth-order valence-corrected chi connectivity index (χ4v) is 3.77. The molecule has 0 saturated carbocycles. The summed E-state index contributed by atoms with van der Waals surface area (Å²) in [5.41, 5.74) is -0.855. The molecule has 0 spiro atoms. The number of hydrogen-bond acceptors (Lipinski definition) is 4. The van der Waals surface area contributed by atoms with Gasteiger partial charge in [0, 0.05) is 36.1 Å². The molecule has 1 aliphatic rings. The number of aromatic nitrogens is 2. The lowest BCUT2D eigenvalue weighted by molar-refractivity contribution is -0.137. The molecule has 7 nitrogen and oxygen atoms in total. The van der Waals surface area contributed by atoms with Gasteiger partial charge in [-0.05, 0) is 62.2 Å². The summed E-state index contributed by atoms with van der Waals surface area (Å²) in [5, 5.41) is 6.57. The predicted octanol–water partition coefficient (Wildman–Crippen LogP) is 4.05. The number of anilines is 1. The van der Waals surface area contributed by atoms with Gasteiger partial charge in [0.1, 0.15) is 0 Å². The largest absolute Gasteiger partial charge is 0.416 e. The van der Waals surface area contributed by atoms with E-state index < -0.39 is 28.8 Å². The van der Waals surface area contributed by atoms with Gasteiger partial charge in [-0.15, -0.1) is 0 Å². The van der Waals surface area contributed by atoms with Crippen LogP contribution in [0.5, 0.6) is 0 Å². The molecule has 4 rings (SSSR count). The Balaban J connectivity index is 1.57. The maximum absolute atomic E-state index is 13.1. The van der Waals surface area contributed by atoms with Gasteiger partial charge in [0.25, 0.3) is 11.8 Å². The zero-order valence-electron chi connectivity index (χ0n) is 18.2. The Morgan fingerprint density at radius 1 is 1.00 bits per heavy atom. The molecular weight excluding hydrogens is 449 g/mol. The molecule has 10 heteroatoms. The van der Waals surface area contributed by atoms with Crippen LogP contribution in [0.25, 0.3) is 5.69 Å². The molecule has 34 heavy (non-hydrogen) atoms. The quantitative estimate of drug-likeness (QED) is 0.624. The van der Waals surface area contributed by atoms with Gasteiger partial charge >= 0.3 is 6.18 Å². The third kappa shape index (κ3) is 4.85. The Labute approximate surface area is 192 Å². The first-order chi connectivity index (χ1) is 16.1. The van der Waals surface area contributed by atoms with E-state index in [-0.39, 0.29) is 17.3 Å². The average Bonchev–Trinajstić information content (AvgIpc) is 3.34. The van der Waals surface area contributed by atoms with E-state index in [4.69, 9.17) is 0 Å². The van der Waals surface area contributed by atoms with Crippen molar-refractivity contribution >= 4 is 17.5 Å². The summed E-state index contributed by atoms with van der Waals surface area (Å²) in [5.74, 6) is -0.899. The van der Waals surface area contributed by atoms with Gasteiger partial charge in [0.05, 0.1) is 11.3 Å². The van der Waals surface area contributed by atoms with Gasteiger partial charge < -0.3 is 10.2 Å². The van der Waals surface area contributed by atoms with Crippen LogP contribution in [-0.4, -0.2) is 39.6 Å². The molecule has 1 saturated heterocycles. The summed E-state index contributed by atoms with van der Waals surface area (Å²) in [6, 6.07) is 11.8. The molecule has 1 fully saturated rings. The number of benzene rings is 2. The van der Waals surface area contributed by atoms with Gasteiger partial charge in [-0.1, -0.05) is 6.07 Å². The van der Waals surface area contributed by atoms with Crippen LogP contribution in [-0.2, 0) is 6.18 Å². The van der Waals surface area contributed by atoms with Crippen LogP contribution >= 0.6 is 0 Å². The topological polar surface area (TPSA) is 84.3 Å². The van der Waals surface area contributed by atoms with Crippen molar-refractivity contribution in [1.82, 2.24) is 14.7 Å². The molecule has 0 atom stereocenters. The monoisotopic (exact) mass is 470 g/mol. The Morgan fingerprint density at radius 3 is 2.32 bits per heavy atom. The highest BCUT2D eigenvalue weighted by Crippen LogP contribution is 2.30. The normalized spacial score (nSPS) is 13.7. The SMILES string of the molecule is Cc1cc(=O)c(C(=O)Nc2ccc(C(=O)N3CCCC3)cc2)nn1-c1cccc(C(F)(F)F)c1. The number of hydrogen-bond donors (Lipinski definition) is 1. The number of amides is 2. The Hall–Kier alpha value is -3.95. The molecule has 0 unspecified atom stereocenters. The summed E-state index contributed by atoms with van der Waals surface area (Å²) in [7, 11) is 0. The number of halogens is 3. The lowest BCUT2D eigenvalue weighted by Crippen LogP contribution is -2.28. The van der Waals surface area contributed by atoms with Crippen LogP contribution in [0.3, 0.4) is 0 Å². The number of rotatable bonds is 4. The highest BCUT2D eigenvalue weighted by atomic mass is 19.4. The van der Waals surface area contributed by atoms with Gasteiger partial charge in [0.15, 0.2) is 5.69 Å². The summed E-state index contributed by atoms with van der Waals surface area (Å²) < 4.78 is 40.4. The smallest absolute Gasteiger partial charge is 0.339 e. The number of nitrogens with one attached hydrogen (secondary N) is 1. The van der Waals surface area contributed by atoms with Gasteiger partial charge in [-0.3, -0.25) is 14.4 Å². The number of carbonyl (C=O) groups excluding carboxylic acids is 2. The molecule has 1 aromatic heterocycles. The number of carbonyl (C=O) groups is 2. The lowest BCUT2D eigenvalue weighted by atomic mass is 10.1. The van der Waals surface area contributed by atoms with E-state index in [1.54, 1.807) is 29.2 Å². The second-order valence-corrected chi connectivity index (χ2v) is 7.99. The van der Waals surface area contributed by atoms with Crippen molar-refractivity contribution in [3.8, 4) is 5.69 Å². The standard InChI is InChI=1S/C24H21F3N4O3/c1-15-13-20(32)21(29-31(15)19-6-4-5-17(14-19)24(25,26)27)22(33)28-18-9-7-16(8-10-18)23(34)30-11-2-3-12-30/h4-10,13-14H,2-3,11-12H2,1H3,(H,28,33). The zero-order chi connectivity index (χ0) is 24.5. The molecule has 3 aromatic rings. The van der Waals surface area contributed by atoms with Crippen molar-refractivity contribution in [2.24, 2.45) is 0 Å². The maximum Gasteiger partial charge on any atom is 0.416 e. The van der Waals surface area contributed by atoms with Crippen molar-refractivity contribution in [2.45, 2.75) is 25.9 Å². The van der Waals surface area contributed by atoms with E-state index in [1.807, 2.05) is 0 Å². The first kappa shape index (κ1) is 23.2. The number of nitrogens with zero attached hydrogens (tertiary/aromatic N) is 3. The first-order valence-corrected chi connectivity index (χ1v) is 10.6. The molecule has 2 amide bonds. The molecule has 2 heterocycles. The van der Waals surface area contributed by atoms with E-state index in [0.29, 0.717) is 24.3 Å². The third-order valence-corrected chi connectivity index (χ3v) is 5.52.